The van der Waals surface area contributed by atoms with Crippen molar-refractivity contribution in [1.82, 2.24) is 19.3 Å². The molecule has 0 aliphatic rings. The average molecular weight is 310 g/mol. The molecular weight excluding hydrogens is 296 g/mol. The summed E-state index contributed by atoms with van der Waals surface area (Å²) in [5.74, 6) is -4.14. The van der Waals surface area contributed by atoms with E-state index in [9.17, 15) is 17.6 Å². The van der Waals surface area contributed by atoms with Crippen molar-refractivity contribution >= 4 is 23.4 Å². The van der Waals surface area contributed by atoms with E-state index in [1.165, 1.54) is 4.68 Å². The normalized spacial score (nSPS) is 12.8. The summed E-state index contributed by atoms with van der Waals surface area (Å²) in [6.45, 7) is 0.783. The molecule has 2 heterocycles. The molecule has 2 aromatic rings. The van der Waals surface area contributed by atoms with E-state index in [4.69, 9.17) is 12.2 Å². The van der Waals surface area contributed by atoms with E-state index in [1.54, 1.807) is 7.05 Å². The number of halogens is 4. The van der Waals surface area contributed by atoms with Gasteiger partial charge in [0.1, 0.15) is 5.52 Å². The number of rotatable bonds is 5. The summed E-state index contributed by atoms with van der Waals surface area (Å²) < 4.78 is 53.5. The van der Waals surface area contributed by atoms with Crippen LogP contribution in [0.1, 0.15) is 19.0 Å². The van der Waals surface area contributed by atoms with Crippen LogP contribution in [-0.2, 0) is 20.0 Å². The molecule has 0 atom stereocenters. The maximum atomic E-state index is 13.2. The second kappa shape index (κ2) is 5.19. The maximum Gasteiger partial charge on any atom is 0.325 e. The third-order valence-corrected chi connectivity index (χ3v) is 3.32. The Bertz CT molecular complexity index is 670. The molecule has 0 aliphatic heterocycles. The van der Waals surface area contributed by atoms with Crippen molar-refractivity contribution in [1.29, 1.82) is 0 Å². The van der Waals surface area contributed by atoms with Gasteiger partial charge in [0, 0.05) is 7.05 Å². The fraction of sp³-hybridized carbons (Fsp3) is 0.636. The largest absolute Gasteiger partial charge is 0.328 e. The van der Waals surface area contributed by atoms with Crippen LogP contribution in [0.3, 0.4) is 0 Å². The van der Waals surface area contributed by atoms with Crippen molar-refractivity contribution < 1.29 is 17.6 Å². The van der Waals surface area contributed by atoms with Crippen LogP contribution in [0.25, 0.3) is 11.2 Å². The van der Waals surface area contributed by atoms with Gasteiger partial charge in [-0.25, -0.2) is 8.78 Å². The first-order valence-corrected chi connectivity index (χ1v) is 6.49. The number of nitrogens with zero attached hydrogens (tertiary/aromatic N) is 3. The lowest BCUT2D eigenvalue weighted by molar-refractivity contribution is -0.137. The van der Waals surface area contributed by atoms with Gasteiger partial charge in [-0.2, -0.15) is 13.9 Å². The molecule has 0 aromatic carbocycles. The number of nitrogens with one attached hydrogen (secondary N) is 1. The highest BCUT2D eigenvalue weighted by atomic mass is 32.1. The number of aromatic amines is 1. The van der Waals surface area contributed by atoms with Crippen molar-refractivity contribution in [3.8, 4) is 0 Å². The van der Waals surface area contributed by atoms with Gasteiger partial charge >= 0.3 is 12.3 Å². The first kappa shape index (κ1) is 15.0. The van der Waals surface area contributed by atoms with E-state index >= 15 is 0 Å². The molecule has 4 nitrogen and oxygen atoms in total. The topological polar surface area (TPSA) is 38.5 Å². The van der Waals surface area contributed by atoms with E-state index in [0.29, 0.717) is 23.3 Å². The van der Waals surface area contributed by atoms with Crippen LogP contribution in [0.4, 0.5) is 17.6 Å². The van der Waals surface area contributed by atoms with E-state index in [1.807, 2.05) is 6.92 Å². The van der Waals surface area contributed by atoms with Gasteiger partial charge in [-0.15, -0.1) is 0 Å². The Balaban J connectivity index is 2.54. The van der Waals surface area contributed by atoms with E-state index in [0.717, 1.165) is 11.0 Å². The molecule has 0 aliphatic carbocycles. The molecule has 1 N–H and O–H groups in total. The third-order valence-electron chi connectivity index (χ3n) is 3.00. The van der Waals surface area contributed by atoms with Crippen LogP contribution < -0.4 is 0 Å². The number of imidazole rings is 1. The van der Waals surface area contributed by atoms with Gasteiger partial charge in [0.2, 0.25) is 0 Å². The lowest BCUT2D eigenvalue weighted by Gasteiger charge is -2.16. The molecule has 112 valence electrons. The van der Waals surface area contributed by atoms with E-state index in [2.05, 4.69) is 10.1 Å². The Hall–Kier alpha value is -1.38. The Labute approximate surface area is 117 Å². The van der Waals surface area contributed by atoms with Crippen molar-refractivity contribution in [2.45, 2.75) is 38.7 Å². The highest BCUT2D eigenvalue weighted by molar-refractivity contribution is 7.71. The Morgan fingerprint density at radius 2 is 2.05 bits per heavy atom. The lowest BCUT2D eigenvalue weighted by atomic mass is 10.2. The second-order valence-corrected chi connectivity index (χ2v) is 4.98. The standard InChI is InChI=1S/C11H14F4N4S/c1-3-4-6-7-8(18(2)17-6)19(10(20)16-7)5-11(14,15)9(12)13/h9H,3-5H2,1-2H3,(H,16,20). The van der Waals surface area contributed by atoms with Gasteiger partial charge in [0.15, 0.2) is 10.4 Å². The van der Waals surface area contributed by atoms with Gasteiger partial charge in [-0.1, -0.05) is 13.3 Å². The molecule has 2 aromatic heterocycles. The Morgan fingerprint density at radius 1 is 1.40 bits per heavy atom. The summed E-state index contributed by atoms with van der Waals surface area (Å²) >= 11 is 4.95. The Morgan fingerprint density at radius 3 is 2.60 bits per heavy atom. The zero-order valence-corrected chi connectivity index (χ0v) is 11.8. The number of fused-ring (bicyclic) bond motifs is 1. The highest BCUT2D eigenvalue weighted by Gasteiger charge is 2.42. The number of alkyl halides is 4. The van der Waals surface area contributed by atoms with Gasteiger partial charge in [-0.05, 0) is 18.6 Å². The number of H-pyrrole nitrogens is 1. The van der Waals surface area contributed by atoms with Gasteiger partial charge < -0.3 is 4.98 Å². The van der Waals surface area contributed by atoms with E-state index < -0.39 is 18.9 Å². The summed E-state index contributed by atoms with van der Waals surface area (Å²) in [4.78, 5) is 2.78. The zero-order valence-electron chi connectivity index (χ0n) is 11.0. The predicted octanol–water partition coefficient (Wildman–Crippen LogP) is 3.29. The summed E-state index contributed by atoms with van der Waals surface area (Å²) in [5, 5.41) is 4.20. The lowest BCUT2D eigenvalue weighted by Crippen LogP contribution is -2.32. The summed E-state index contributed by atoms with van der Waals surface area (Å²) in [6, 6.07) is 0. The smallest absolute Gasteiger partial charge is 0.325 e. The Kier molecular flexibility index (Phi) is 3.90. The highest BCUT2D eigenvalue weighted by Crippen LogP contribution is 2.28. The van der Waals surface area contributed by atoms with Crippen molar-refractivity contribution in [3.05, 3.63) is 10.5 Å². The quantitative estimate of drug-likeness (QED) is 0.680. The molecule has 20 heavy (non-hydrogen) atoms. The molecule has 0 unspecified atom stereocenters. The molecule has 0 fully saturated rings. The van der Waals surface area contributed by atoms with Crippen LogP contribution in [0.2, 0.25) is 0 Å². The number of aryl methyl sites for hydroxylation is 2. The molecule has 0 spiro atoms. The third kappa shape index (κ3) is 2.46. The first-order chi connectivity index (χ1) is 9.27. The molecule has 2 rings (SSSR count). The van der Waals surface area contributed by atoms with Crippen molar-refractivity contribution in [3.63, 3.8) is 0 Å². The number of hydrogen-bond donors (Lipinski definition) is 1. The first-order valence-electron chi connectivity index (χ1n) is 6.08. The molecule has 0 saturated carbocycles. The molecule has 0 radical (unpaired) electrons. The van der Waals surface area contributed by atoms with Crippen LogP contribution >= 0.6 is 12.2 Å². The molecular formula is C11H14F4N4S. The molecule has 0 saturated heterocycles. The van der Waals surface area contributed by atoms with Crippen molar-refractivity contribution in [2.75, 3.05) is 0 Å². The SMILES string of the molecule is CCCc1nn(C)c2c1[nH]c(=S)n2CC(F)(F)C(F)F. The minimum atomic E-state index is -4.14. The number of aromatic nitrogens is 4. The average Bonchev–Trinajstić information content (AvgIpc) is 2.80. The summed E-state index contributed by atoms with van der Waals surface area (Å²) in [7, 11) is 1.57. The van der Waals surface area contributed by atoms with Crippen molar-refractivity contribution in [2.24, 2.45) is 7.05 Å². The van der Waals surface area contributed by atoms with Crippen LogP contribution in [0, 0.1) is 4.77 Å². The second-order valence-electron chi connectivity index (χ2n) is 4.60. The molecule has 9 heteroatoms. The number of hydrogen-bond acceptors (Lipinski definition) is 2. The zero-order chi connectivity index (χ0) is 15.1. The van der Waals surface area contributed by atoms with Crippen LogP contribution in [0.5, 0.6) is 0 Å². The minimum absolute atomic E-state index is 0.00863. The van der Waals surface area contributed by atoms with Gasteiger partial charge in [0.25, 0.3) is 0 Å². The molecule has 0 bridgehead atoms. The molecule has 0 amide bonds. The van der Waals surface area contributed by atoms with E-state index in [-0.39, 0.29) is 4.77 Å². The fourth-order valence-corrected chi connectivity index (χ4v) is 2.37. The van der Waals surface area contributed by atoms with Crippen LogP contribution in [0.15, 0.2) is 0 Å². The van der Waals surface area contributed by atoms with Gasteiger partial charge in [-0.3, -0.25) is 9.25 Å². The summed E-state index contributed by atoms with van der Waals surface area (Å²) in [6.07, 6.45) is -2.26. The fourth-order valence-electron chi connectivity index (χ4n) is 2.12. The minimum Gasteiger partial charge on any atom is -0.328 e. The predicted molar refractivity (Wildman–Crippen MR) is 68.8 cm³/mol. The van der Waals surface area contributed by atoms with Crippen LogP contribution in [-0.4, -0.2) is 31.7 Å². The summed E-state index contributed by atoms with van der Waals surface area (Å²) in [5.41, 5.74) is 1.53. The van der Waals surface area contributed by atoms with Gasteiger partial charge in [0.05, 0.1) is 12.2 Å². The maximum absolute atomic E-state index is 13.2. The monoisotopic (exact) mass is 310 g/mol.